The quantitative estimate of drug-likeness (QED) is 0.403. The van der Waals surface area contributed by atoms with Gasteiger partial charge in [-0.3, -0.25) is 0 Å². The van der Waals surface area contributed by atoms with Crippen LogP contribution in [0.3, 0.4) is 0 Å². The zero-order valence-electron chi connectivity index (χ0n) is 18.0. The summed E-state index contributed by atoms with van der Waals surface area (Å²) in [6.07, 6.45) is 4.79. The smallest absolute Gasteiger partial charge is 0.219 e. The lowest BCUT2D eigenvalue weighted by molar-refractivity contribution is -0.660. The van der Waals surface area contributed by atoms with Crippen LogP contribution in [0.1, 0.15) is 39.6 Å². The molecular weight excluding hydrogens is 330 g/mol. The first-order chi connectivity index (χ1) is 14.0. The van der Waals surface area contributed by atoms with Gasteiger partial charge in [-0.05, 0) is 36.9 Å². The topological polar surface area (TPSA) is 17.0 Å². The van der Waals surface area contributed by atoms with Crippen LogP contribution in [0.15, 0.2) is 59.1 Å². The highest BCUT2D eigenvalue weighted by molar-refractivity contribution is 6.09. The fourth-order valence-corrected chi connectivity index (χ4v) is 4.51. The van der Waals surface area contributed by atoms with Gasteiger partial charge in [0.15, 0.2) is 6.20 Å². The molecule has 4 aromatic rings. The molecule has 5 rings (SSSR count). The third-order valence-electron chi connectivity index (χ3n) is 5.89. The highest BCUT2D eigenvalue weighted by Gasteiger charge is 2.26. The van der Waals surface area contributed by atoms with Crippen molar-refractivity contribution >= 4 is 21.9 Å². The van der Waals surface area contributed by atoms with E-state index in [9.17, 15) is 0 Å². The van der Waals surface area contributed by atoms with E-state index >= 15 is 0 Å². The van der Waals surface area contributed by atoms with Crippen LogP contribution in [0.25, 0.3) is 33.2 Å². The van der Waals surface area contributed by atoms with Gasteiger partial charge < -0.3 is 4.42 Å². The first-order valence-corrected chi connectivity index (χ1v) is 9.89. The Kier molecular flexibility index (Phi) is 3.49. The van der Waals surface area contributed by atoms with Crippen molar-refractivity contribution in [2.75, 3.05) is 0 Å². The number of pyridine rings is 1. The van der Waals surface area contributed by atoms with Crippen molar-refractivity contribution in [3.05, 3.63) is 65.9 Å². The SMILES string of the molecule is [2H]C([2H])(c1ccc[n+](C)c1-c1c(C)ccc2c1oc1ccccc12)C1CCCC1. The van der Waals surface area contributed by atoms with E-state index in [1.807, 2.05) is 43.6 Å². The van der Waals surface area contributed by atoms with Crippen molar-refractivity contribution < 1.29 is 11.7 Å². The number of nitrogens with zero attached hydrogens (tertiary/aromatic N) is 1. The van der Waals surface area contributed by atoms with E-state index in [1.54, 1.807) is 0 Å². The number of aryl methyl sites for hydroxylation is 2. The molecule has 0 unspecified atom stereocenters. The maximum absolute atomic E-state index is 9.06. The molecule has 2 aromatic heterocycles. The van der Waals surface area contributed by atoms with Gasteiger partial charge in [-0.15, -0.1) is 0 Å². The summed E-state index contributed by atoms with van der Waals surface area (Å²) >= 11 is 0. The Morgan fingerprint density at radius 2 is 1.85 bits per heavy atom. The summed E-state index contributed by atoms with van der Waals surface area (Å²) in [7, 11) is 2.00. The Balaban J connectivity index is 1.83. The van der Waals surface area contributed by atoms with Gasteiger partial charge in [0.05, 0.1) is 5.56 Å². The van der Waals surface area contributed by atoms with Crippen LogP contribution < -0.4 is 4.57 Å². The number of aromatic nitrogens is 1. The van der Waals surface area contributed by atoms with E-state index in [-0.39, 0.29) is 5.92 Å². The fourth-order valence-electron chi connectivity index (χ4n) is 4.51. The average Bonchev–Trinajstić information content (AvgIpc) is 3.37. The summed E-state index contributed by atoms with van der Waals surface area (Å²) in [6.45, 7) is 2.09. The third kappa shape index (κ3) is 2.75. The molecule has 0 saturated heterocycles. The molecule has 136 valence electrons. The van der Waals surface area contributed by atoms with Crippen molar-refractivity contribution in [1.82, 2.24) is 0 Å². The molecule has 0 amide bonds. The molecule has 0 atom stereocenters. The van der Waals surface area contributed by atoms with Gasteiger partial charge in [0.25, 0.3) is 0 Å². The van der Waals surface area contributed by atoms with E-state index in [2.05, 4.69) is 29.7 Å². The van der Waals surface area contributed by atoms with Gasteiger partial charge >= 0.3 is 0 Å². The molecule has 0 spiro atoms. The van der Waals surface area contributed by atoms with Crippen molar-refractivity contribution in [3.63, 3.8) is 0 Å². The van der Waals surface area contributed by atoms with Gasteiger partial charge in [-0.1, -0.05) is 56.0 Å². The van der Waals surface area contributed by atoms with Crippen LogP contribution in [0.4, 0.5) is 0 Å². The maximum Gasteiger partial charge on any atom is 0.219 e. The monoisotopic (exact) mass is 358 g/mol. The summed E-state index contributed by atoms with van der Waals surface area (Å²) in [5.41, 5.74) is 5.50. The van der Waals surface area contributed by atoms with Gasteiger partial charge in [0, 0.05) is 25.1 Å². The van der Waals surface area contributed by atoms with Crippen LogP contribution in [0.2, 0.25) is 0 Å². The molecule has 0 radical (unpaired) electrons. The highest BCUT2D eigenvalue weighted by atomic mass is 16.3. The average molecular weight is 359 g/mol. The van der Waals surface area contributed by atoms with Crippen LogP contribution in [-0.4, -0.2) is 0 Å². The zero-order chi connectivity index (χ0) is 20.2. The Bertz CT molecular complexity index is 1220. The summed E-state index contributed by atoms with van der Waals surface area (Å²) in [5, 5.41) is 2.18. The van der Waals surface area contributed by atoms with Gasteiger partial charge in [-0.25, -0.2) is 4.57 Å². The molecule has 2 nitrogen and oxygen atoms in total. The second-order valence-electron chi connectivity index (χ2n) is 7.74. The summed E-state index contributed by atoms with van der Waals surface area (Å²) in [6, 6.07) is 16.3. The van der Waals surface area contributed by atoms with Gasteiger partial charge in [-0.2, -0.15) is 0 Å². The lowest BCUT2D eigenvalue weighted by Crippen LogP contribution is -2.32. The number of para-hydroxylation sites is 1. The molecule has 1 fully saturated rings. The first-order valence-electron chi connectivity index (χ1n) is 10.9. The van der Waals surface area contributed by atoms with Gasteiger partial charge in [0.2, 0.25) is 5.69 Å². The number of hydrogen-bond acceptors (Lipinski definition) is 1. The lowest BCUT2D eigenvalue weighted by atomic mass is 9.92. The molecule has 0 aliphatic heterocycles. The van der Waals surface area contributed by atoms with E-state index in [0.717, 1.165) is 70.0 Å². The summed E-state index contributed by atoms with van der Waals surface area (Å²) < 4.78 is 26.5. The van der Waals surface area contributed by atoms with Crippen LogP contribution in [-0.2, 0) is 13.4 Å². The Hall–Kier alpha value is -2.61. The largest absolute Gasteiger partial charge is 0.455 e. The molecule has 0 bridgehead atoms. The molecule has 2 heterocycles. The number of fused-ring (bicyclic) bond motifs is 3. The molecular formula is C25H26NO+. The van der Waals surface area contributed by atoms with E-state index < -0.39 is 6.37 Å². The standard InChI is InChI=1S/C25H26NO/c1-17-13-14-21-20-11-5-6-12-22(20)27-25(21)23(17)24-19(10-7-15-26(24)2)16-18-8-3-4-9-18/h5-7,10-15,18H,3-4,8-9,16H2,1-2H3/q+1/i16D2. The minimum absolute atomic E-state index is 0.0684. The predicted octanol–water partition coefficient (Wildman–Crippen LogP) is 6.12. The highest BCUT2D eigenvalue weighted by Crippen LogP contribution is 2.39. The van der Waals surface area contributed by atoms with Gasteiger partial charge in [0.1, 0.15) is 18.2 Å². The third-order valence-corrected chi connectivity index (χ3v) is 5.89. The second kappa shape index (κ2) is 6.53. The van der Waals surface area contributed by atoms with E-state index in [1.165, 1.54) is 0 Å². The minimum Gasteiger partial charge on any atom is -0.455 e. The Morgan fingerprint density at radius 3 is 2.70 bits per heavy atom. The first kappa shape index (κ1) is 14.4. The van der Waals surface area contributed by atoms with E-state index in [4.69, 9.17) is 7.16 Å². The summed E-state index contributed by atoms with van der Waals surface area (Å²) in [5.74, 6) is 0.0684. The molecule has 1 saturated carbocycles. The van der Waals surface area contributed by atoms with Crippen molar-refractivity contribution in [1.29, 1.82) is 0 Å². The second-order valence-corrected chi connectivity index (χ2v) is 7.74. The molecule has 27 heavy (non-hydrogen) atoms. The van der Waals surface area contributed by atoms with Crippen molar-refractivity contribution in [2.24, 2.45) is 13.0 Å². The maximum atomic E-state index is 9.06. The molecule has 1 aliphatic rings. The summed E-state index contributed by atoms with van der Waals surface area (Å²) in [4.78, 5) is 0. The van der Waals surface area contributed by atoms with E-state index in [0.29, 0.717) is 0 Å². The Morgan fingerprint density at radius 1 is 1.04 bits per heavy atom. The number of furan rings is 1. The number of rotatable bonds is 3. The van der Waals surface area contributed by atoms with Crippen molar-refractivity contribution in [3.8, 4) is 11.3 Å². The minimum atomic E-state index is -1.37. The number of benzene rings is 2. The molecule has 2 aromatic carbocycles. The van der Waals surface area contributed by atoms with Crippen LogP contribution >= 0.6 is 0 Å². The van der Waals surface area contributed by atoms with Crippen molar-refractivity contribution in [2.45, 2.75) is 39.0 Å². The zero-order valence-corrected chi connectivity index (χ0v) is 16.0. The molecule has 1 aliphatic carbocycles. The Labute approximate surface area is 163 Å². The molecule has 2 heteroatoms. The molecule has 0 N–H and O–H groups in total. The van der Waals surface area contributed by atoms with Crippen LogP contribution in [0, 0.1) is 12.8 Å². The normalized spacial score (nSPS) is 16.8. The number of hydrogen-bond donors (Lipinski definition) is 0. The lowest BCUT2D eigenvalue weighted by Gasteiger charge is -2.13. The van der Waals surface area contributed by atoms with Crippen LogP contribution in [0.5, 0.6) is 0 Å². The predicted molar refractivity (Wildman–Crippen MR) is 111 cm³/mol. The fraction of sp³-hybridized carbons (Fsp3) is 0.320.